The quantitative estimate of drug-likeness (QED) is 0.796. The van der Waals surface area contributed by atoms with E-state index in [0.717, 1.165) is 10.1 Å². The Kier molecular flexibility index (Phi) is 4.74. The molecular weight excluding hydrogens is 274 g/mol. The van der Waals surface area contributed by atoms with Crippen molar-refractivity contribution in [3.8, 4) is 0 Å². The summed E-state index contributed by atoms with van der Waals surface area (Å²) in [6, 6.07) is 7.84. The first kappa shape index (κ1) is 14.5. The number of benzene rings is 1. The summed E-state index contributed by atoms with van der Waals surface area (Å²) in [4.78, 5) is 25.4. The van der Waals surface area contributed by atoms with Crippen LogP contribution in [0.1, 0.15) is 23.7 Å². The molecule has 0 aliphatic heterocycles. The first-order chi connectivity index (χ1) is 9.67. The van der Waals surface area contributed by atoms with Gasteiger partial charge in [0.1, 0.15) is 0 Å². The number of nitrogens with zero attached hydrogens (tertiary/aromatic N) is 1. The Morgan fingerprint density at radius 3 is 2.75 bits per heavy atom. The van der Waals surface area contributed by atoms with Gasteiger partial charge in [-0.15, -0.1) is 11.3 Å². The van der Waals surface area contributed by atoms with Gasteiger partial charge in [-0.05, 0) is 13.0 Å². The van der Waals surface area contributed by atoms with Crippen LogP contribution in [0.2, 0.25) is 0 Å². The average molecular weight is 291 g/mol. The zero-order valence-electron chi connectivity index (χ0n) is 11.6. The van der Waals surface area contributed by atoms with Crippen LogP contribution >= 0.6 is 11.3 Å². The van der Waals surface area contributed by atoms with Gasteiger partial charge in [0.25, 0.3) is 5.91 Å². The Morgan fingerprint density at radius 2 is 2.05 bits per heavy atom. The number of thiophene rings is 1. The lowest BCUT2D eigenvalue weighted by Gasteiger charge is -2.20. The summed E-state index contributed by atoms with van der Waals surface area (Å²) in [7, 11) is 1.35. The van der Waals surface area contributed by atoms with Crippen molar-refractivity contribution in [3.05, 3.63) is 35.2 Å². The van der Waals surface area contributed by atoms with Gasteiger partial charge in [-0.2, -0.15) is 0 Å². The predicted octanol–water partition coefficient (Wildman–Crippen LogP) is 2.93. The van der Waals surface area contributed by atoms with E-state index in [1.165, 1.54) is 7.11 Å². The number of rotatable bonds is 5. The van der Waals surface area contributed by atoms with Crippen LogP contribution in [-0.4, -0.2) is 37.0 Å². The van der Waals surface area contributed by atoms with Crippen LogP contribution in [0.25, 0.3) is 10.1 Å². The Hall–Kier alpha value is -1.88. The molecule has 106 valence electrons. The molecule has 0 N–H and O–H groups in total. The number of methoxy groups -OCH3 is 1. The van der Waals surface area contributed by atoms with Crippen LogP contribution in [0, 0.1) is 0 Å². The number of fused-ring (bicyclic) bond motifs is 1. The number of esters is 1. The summed E-state index contributed by atoms with van der Waals surface area (Å²) in [5.41, 5.74) is 0.706. The third-order valence-electron chi connectivity index (χ3n) is 3.19. The molecule has 0 bridgehead atoms. The molecular formula is C15H17NO3S. The first-order valence-electron chi connectivity index (χ1n) is 6.49. The van der Waals surface area contributed by atoms with Gasteiger partial charge >= 0.3 is 5.97 Å². The summed E-state index contributed by atoms with van der Waals surface area (Å²) in [5.74, 6) is -0.333. The molecule has 0 saturated carbocycles. The van der Waals surface area contributed by atoms with Gasteiger partial charge in [-0.25, -0.2) is 0 Å². The normalized spacial score (nSPS) is 10.5. The molecule has 0 aliphatic carbocycles. The number of hydrogen-bond acceptors (Lipinski definition) is 4. The molecule has 0 atom stereocenters. The Balaban J connectivity index is 2.18. The number of carbonyl (C=O) groups is 2. The fourth-order valence-electron chi connectivity index (χ4n) is 2.05. The van der Waals surface area contributed by atoms with Crippen molar-refractivity contribution in [1.29, 1.82) is 0 Å². The van der Waals surface area contributed by atoms with Crippen molar-refractivity contribution in [3.63, 3.8) is 0 Å². The largest absolute Gasteiger partial charge is 0.469 e. The third kappa shape index (κ3) is 2.99. The minimum Gasteiger partial charge on any atom is -0.469 e. The molecule has 0 spiro atoms. The second-order valence-electron chi connectivity index (χ2n) is 4.36. The third-order valence-corrected chi connectivity index (χ3v) is 4.16. The van der Waals surface area contributed by atoms with Gasteiger partial charge in [0.15, 0.2) is 0 Å². The lowest BCUT2D eigenvalue weighted by molar-refractivity contribution is -0.140. The fraction of sp³-hybridized carbons (Fsp3) is 0.333. The lowest BCUT2D eigenvalue weighted by Crippen LogP contribution is -2.32. The molecule has 0 unspecified atom stereocenters. The van der Waals surface area contributed by atoms with Crippen molar-refractivity contribution in [2.24, 2.45) is 0 Å². The molecule has 20 heavy (non-hydrogen) atoms. The van der Waals surface area contributed by atoms with E-state index in [9.17, 15) is 9.59 Å². The molecule has 0 aliphatic rings. The molecule has 4 nitrogen and oxygen atoms in total. The van der Waals surface area contributed by atoms with Crippen LogP contribution in [0.3, 0.4) is 0 Å². The Bertz CT molecular complexity index is 620. The predicted molar refractivity (Wildman–Crippen MR) is 80.0 cm³/mol. The van der Waals surface area contributed by atoms with Crippen molar-refractivity contribution < 1.29 is 14.3 Å². The van der Waals surface area contributed by atoms with Gasteiger partial charge in [0.2, 0.25) is 0 Å². The molecule has 5 heteroatoms. The van der Waals surface area contributed by atoms with Crippen molar-refractivity contribution >= 4 is 33.3 Å². The van der Waals surface area contributed by atoms with Crippen molar-refractivity contribution in [1.82, 2.24) is 4.90 Å². The van der Waals surface area contributed by atoms with E-state index in [-0.39, 0.29) is 18.3 Å². The number of amides is 1. The van der Waals surface area contributed by atoms with E-state index < -0.39 is 0 Å². The summed E-state index contributed by atoms with van der Waals surface area (Å²) in [6.45, 7) is 2.86. The van der Waals surface area contributed by atoms with Crippen LogP contribution in [0.4, 0.5) is 0 Å². The smallest absolute Gasteiger partial charge is 0.307 e. The minimum atomic E-state index is -0.300. The van der Waals surface area contributed by atoms with Gasteiger partial charge < -0.3 is 9.64 Å². The van der Waals surface area contributed by atoms with Gasteiger partial charge in [0.05, 0.1) is 19.1 Å². The highest BCUT2D eigenvalue weighted by Gasteiger charge is 2.18. The van der Waals surface area contributed by atoms with E-state index in [4.69, 9.17) is 0 Å². The van der Waals surface area contributed by atoms with Gasteiger partial charge in [-0.3, -0.25) is 9.59 Å². The fourth-order valence-corrected chi connectivity index (χ4v) is 2.98. The number of carbonyl (C=O) groups excluding carboxylic acids is 2. The average Bonchev–Trinajstić information content (AvgIpc) is 2.91. The highest BCUT2D eigenvalue weighted by atomic mass is 32.1. The maximum Gasteiger partial charge on any atom is 0.307 e. The van der Waals surface area contributed by atoms with Gasteiger partial charge in [-0.1, -0.05) is 18.2 Å². The molecule has 0 radical (unpaired) electrons. The van der Waals surface area contributed by atoms with E-state index in [0.29, 0.717) is 18.7 Å². The van der Waals surface area contributed by atoms with E-state index in [1.54, 1.807) is 16.2 Å². The molecule has 1 amide bonds. The summed E-state index contributed by atoms with van der Waals surface area (Å²) in [5, 5.41) is 2.85. The van der Waals surface area contributed by atoms with E-state index >= 15 is 0 Å². The topological polar surface area (TPSA) is 46.6 Å². The lowest BCUT2D eigenvalue weighted by atomic mass is 10.1. The highest BCUT2D eigenvalue weighted by Crippen LogP contribution is 2.26. The first-order valence-corrected chi connectivity index (χ1v) is 7.37. The molecule has 1 aromatic heterocycles. The molecule has 1 heterocycles. The highest BCUT2D eigenvalue weighted by molar-refractivity contribution is 7.17. The summed E-state index contributed by atoms with van der Waals surface area (Å²) < 4.78 is 5.71. The molecule has 2 rings (SSSR count). The number of hydrogen-bond donors (Lipinski definition) is 0. The zero-order chi connectivity index (χ0) is 14.5. The second-order valence-corrected chi connectivity index (χ2v) is 5.27. The molecule has 1 aromatic carbocycles. The van der Waals surface area contributed by atoms with Crippen LogP contribution < -0.4 is 0 Å². The Labute approximate surface area is 122 Å². The van der Waals surface area contributed by atoms with Crippen LogP contribution in [0.5, 0.6) is 0 Å². The van der Waals surface area contributed by atoms with Crippen LogP contribution in [0.15, 0.2) is 29.6 Å². The van der Waals surface area contributed by atoms with Crippen LogP contribution in [-0.2, 0) is 9.53 Å². The summed E-state index contributed by atoms with van der Waals surface area (Å²) >= 11 is 1.56. The van der Waals surface area contributed by atoms with Crippen molar-refractivity contribution in [2.75, 3.05) is 20.2 Å². The molecule has 2 aromatic rings. The molecule has 0 fully saturated rings. The Morgan fingerprint density at radius 1 is 1.30 bits per heavy atom. The monoisotopic (exact) mass is 291 g/mol. The van der Waals surface area contributed by atoms with Gasteiger partial charge in [0, 0.05) is 28.6 Å². The van der Waals surface area contributed by atoms with E-state index in [1.807, 2.05) is 36.6 Å². The zero-order valence-corrected chi connectivity index (χ0v) is 12.4. The van der Waals surface area contributed by atoms with Crippen molar-refractivity contribution in [2.45, 2.75) is 13.3 Å². The minimum absolute atomic E-state index is 0.0335. The maximum atomic E-state index is 12.5. The SMILES string of the molecule is CCN(CCC(=O)OC)C(=O)c1csc2ccccc12. The second kappa shape index (κ2) is 6.52. The van der Waals surface area contributed by atoms with E-state index in [2.05, 4.69) is 4.74 Å². The maximum absolute atomic E-state index is 12.5. The standard InChI is InChI=1S/C15H17NO3S/c1-3-16(9-8-14(17)19-2)15(18)12-10-20-13-7-5-4-6-11(12)13/h4-7,10H,3,8-9H2,1-2H3. The number of ether oxygens (including phenoxy) is 1. The summed E-state index contributed by atoms with van der Waals surface area (Å²) in [6.07, 6.45) is 0.220. The molecule has 0 saturated heterocycles.